The molecule has 0 aliphatic rings. The van der Waals surface area contributed by atoms with E-state index in [4.69, 9.17) is 5.73 Å². The Morgan fingerprint density at radius 2 is 1.95 bits per heavy atom. The zero-order valence-corrected chi connectivity index (χ0v) is 12.1. The highest BCUT2D eigenvalue weighted by Gasteiger charge is 2.17. The summed E-state index contributed by atoms with van der Waals surface area (Å²) in [6, 6.07) is 9.78. The van der Waals surface area contributed by atoms with Crippen molar-refractivity contribution in [1.29, 1.82) is 0 Å². The van der Waals surface area contributed by atoms with Crippen LogP contribution in [0, 0.1) is 0 Å². The second-order valence-electron chi connectivity index (χ2n) is 5.10. The molecule has 0 unspecified atom stereocenters. The second-order valence-corrected chi connectivity index (χ2v) is 5.10. The molecule has 0 heterocycles. The number of carbonyl (C=O) groups excluding carboxylic acids is 1. The maximum absolute atomic E-state index is 12.1. The molecule has 2 N–H and O–H groups in total. The topological polar surface area (TPSA) is 46.3 Å². The van der Waals surface area contributed by atoms with Gasteiger partial charge in [0.05, 0.1) is 6.04 Å². The lowest BCUT2D eigenvalue weighted by atomic mass is 10.0. The van der Waals surface area contributed by atoms with Crippen LogP contribution in [0.25, 0.3) is 0 Å². The van der Waals surface area contributed by atoms with Crippen LogP contribution in [0.1, 0.15) is 38.2 Å². The third-order valence-corrected chi connectivity index (χ3v) is 3.38. The third-order valence-electron chi connectivity index (χ3n) is 3.38. The van der Waals surface area contributed by atoms with Crippen LogP contribution in [-0.4, -0.2) is 30.4 Å². The molecule has 0 aliphatic carbocycles. The fourth-order valence-corrected chi connectivity index (χ4v) is 2.08. The Morgan fingerprint density at radius 1 is 1.26 bits per heavy atom. The maximum atomic E-state index is 12.1. The van der Waals surface area contributed by atoms with Gasteiger partial charge < -0.3 is 10.6 Å². The first-order chi connectivity index (χ1) is 9.15. The van der Waals surface area contributed by atoms with E-state index in [0.717, 1.165) is 25.8 Å². The third kappa shape index (κ3) is 5.88. The first-order valence-corrected chi connectivity index (χ1v) is 7.19. The molecular weight excluding hydrogens is 236 g/mol. The molecule has 1 aromatic rings. The summed E-state index contributed by atoms with van der Waals surface area (Å²) in [5, 5.41) is 0. The van der Waals surface area contributed by atoms with Gasteiger partial charge in [-0.2, -0.15) is 0 Å². The summed E-state index contributed by atoms with van der Waals surface area (Å²) < 4.78 is 0. The Kier molecular flexibility index (Phi) is 7.19. The van der Waals surface area contributed by atoms with Crippen molar-refractivity contribution in [2.24, 2.45) is 5.73 Å². The van der Waals surface area contributed by atoms with Gasteiger partial charge in [-0.15, -0.1) is 0 Å². The van der Waals surface area contributed by atoms with Gasteiger partial charge in [0, 0.05) is 13.6 Å². The van der Waals surface area contributed by atoms with E-state index in [2.05, 4.69) is 19.1 Å². The van der Waals surface area contributed by atoms with Crippen molar-refractivity contribution in [3.63, 3.8) is 0 Å². The lowest BCUT2D eigenvalue weighted by molar-refractivity contribution is -0.131. The van der Waals surface area contributed by atoms with E-state index in [1.54, 1.807) is 4.90 Å². The molecule has 1 aromatic carbocycles. The molecule has 3 nitrogen and oxygen atoms in total. The summed E-state index contributed by atoms with van der Waals surface area (Å²) in [7, 11) is 1.85. The van der Waals surface area contributed by atoms with Gasteiger partial charge in [0.1, 0.15) is 0 Å². The van der Waals surface area contributed by atoms with Crippen LogP contribution in [0.2, 0.25) is 0 Å². The highest BCUT2D eigenvalue weighted by atomic mass is 16.2. The summed E-state index contributed by atoms with van der Waals surface area (Å²) in [5.74, 6) is 0.0621. The monoisotopic (exact) mass is 262 g/mol. The summed E-state index contributed by atoms with van der Waals surface area (Å²) in [5.41, 5.74) is 7.21. The fraction of sp³-hybridized carbons (Fsp3) is 0.562. The minimum atomic E-state index is -0.383. The van der Waals surface area contributed by atoms with Gasteiger partial charge in [0.25, 0.3) is 0 Å². The van der Waals surface area contributed by atoms with E-state index in [1.165, 1.54) is 12.0 Å². The van der Waals surface area contributed by atoms with Gasteiger partial charge in [-0.1, -0.05) is 50.1 Å². The van der Waals surface area contributed by atoms with Crippen molar-refractivity contribution in [2.45, 2.75) is 45.1 Å². The first-order valence-electron chi connectivity index (χ1n) is 7.19. The zero-order valence-electron chi connectivity index (χ0n) is 12.1. The van der Waals surface area contributed by atoms with Crippen molar-refractivity contribution >= 4 is 5.91 Å². The molecule has 0 radical (unpaired) electrons. The van der Waals surface area contributed by atoms with Crippen LogP contribution < -0.4 is 5.73 Å². The smallest absolute Gasteiger partial charge is 0.239 e. The predicted molar refractivity (Wildman–Crippen MR) is 79.9 cm³/mol. The Morgan fingerprint density at radius 3 is 2.58 bits per heavy atom. The number of hydrogen-bond donors (Lipinski definition) is 1. The van der Waals surface area contributed by atoms with Crippen LogP contribution in [0.15, 0.2) is 30.3 Å². The lowest BCUT2D eigenvalue weighted by Gasteiger charge is -2.21. The molecule has 0 bridgehead atoms. The average Bonchev–Trinajstić information content (AvgIpc) is 2.45. The summed E-state index contributed by atoms with van der Waals surface area (Å²) in [4.78, 5) is 13.8. The highest BCUT2D eigenvalue weighted by molar-refractivity contribution is 5.81. The average molecular weight is 262 g/mol. The van der Waals surface area contributed by atoms with E-state index in [-0.39, 0.29) is 11.9 Å². The molecule has 106 valence electrons. The summed E-state index contributed by atoms with van der Waals surface area (Å²) in [6.07, 6.45) is 4.96. The van der Waals surface area contributed by atoms with Gasteiger partial charge in [0.15, 0.2) is 0 Å². The number of amides is 1. The molecule has 0 saturated heterocycles. The van der Waals surface area contributed by atoms with Crippen LogP contribution in [0.4, 0.5) is 0 Å². The molecule has 0 fully saturated rings. The number of unbranched alkanes of at least 4 members (excludes halogenated alkanes) is 2. The number of benzene rings is 1. The van der Waals surface area contributed by atoms with Crippen molar-refractivity contribution < 1.29 is 4.79 Å². The minimum Gasteiger partial charge on any atom is -0.344 e. The number of nitrogens with zero attached hydrogens (tertiary/aromatic N) is 1. The molecule has 1 atom stereocenters. The van der Waals surface area contributed by atoms with Crippen molar-refractivity contribution in [2.75, 3.05) is 13.6 Å². The van der Waals surface area contributed by atoms with E-state index in [9.17, 15) is 4.79 Å². The van der Waals surface area contributed by atoms with Crippen LogP contribution >= 0.6 is 0 Å². The van der Waals surface area contributed by atoms with Crippen molar-refractivity contribution in [3.05, 3.63) is 35.9 Å². The standard InChI is InChI=1S/C16H26N2O/c1-3-4-8-13-18(2)16(19)15(17)12-11-14-9-6-5-7-10-14/h5-7,9-10,15H,3-4,8,11-13,17H2,1-2H3/t15-/m0/s1. The van der Waals surface area contributed by atoms with Crippen LogP contribution in [-0.2, 0) is 11.2 Å². The van der Waals surface area contributed by atoms with Crippen molar-refractivity contribution in [3.8, 4) is 0 Å². The van der Waals surface area contributed by atoms with Gasteiger partial charge in [-0.3, -0.25) is 4.79 Å². The number of aryl methyl sites for hydroxylation is 1. The molecule has 1 amide bonds. The largest absolute Gasteiger partial charge is 0.344 e. The highest BCUT2D eigenvalue weighted by Crippen LogP contribution is 2.06. The molecular formula is C16H26N2O. The number of rotatable bonds is 8. The van der Waals surface area contributed by atoms with E-state index < -0.39 is 0 Å². The lowest BCUT2D eigenvalue weighted by Crippen LogP contribution is -2.42. The van der Waals surface area contributed by atoms with E-state index in [0.29, 0.717) is 6.42 Å². The normalized spacial score (nSPS) is 12.2. The quantitative estimate of drug-likeness (QED) is 0.732. The van der Waals surface area contributed by atoms with Gasteiger partial charge in [-0.05, 0) is 24.8 Å². The fourth-order valence-electron chi connectivity index (χ4n) is 2.08. The number of likely N-dealkylation sites (N-methyl/N-ethyl adjacent to an activating group) is 1. The van der Waals surface area contributed by atoms with Crippen LogP contribution in [0.3, 0.4) is 0 Å². The molecule has 19 heavy (non-hydrogen) atoms. The van der Waals surface area contributed by atoms with Gasteiger partial charge in [-0.25, -0.2) is 0 Å². The Labute approximate surface area is 116 Å². The SMILES string of the molecule is CCCCCN(C)C(=O)[C@@H](N)CCc1ccccc1. The number of nitrogens with two attached hydrogens (primary N) is 1. The number of carbonyl (C=O) groups is 1. The molecule has 0 aliphatic heterocycles. The predicted octanol–water partition coefficient (Wildman–Crippen LogP) is 2.60. The molecule has 0 aromatic heterocycles. The number of hydrogen-bond acceptors (Lipinski definition) is 2. The summed E-state index contributed by atoms with van der Waals surface area (Å²) in [6.45, 7) is 2.97. The van der Waals surface area contributed by atoms with Gasteiger partial charge >= 0.3 is 0 Å². The van der Waals surface area contributed by atoms with Crippen LogP contribution in [0.5, 0.6) is 0 Å². The van der Waals surface area contributed by atoms with E-state index >= 15 is 0 Å². The van der Waals surface area contributed by atoms with Crippen molar-refractivity contribution in [1.82, 2.24) is 4.90 Å². The second kappa shape index (κ2) is 8.70. The Bertz CT molecular complexity index is 364. The summed E-state index contributed by atoms with van der Waals surface area (Å²) >= 11 is 0. The molecule has 0 spiro atoms. The Hall–Kier alpha value is -1.35. The van der Waals surface area contributed by atoms with Gasteiger partial charge in [0.2, 0.25) is 5.91 Å². The Balaban J connectivity index is 2.31. The molecule has 0 saturated carbocycles. The first kappa shape index (κ1) is 15.7. The van der Waals surface area contributed by atoms with E-state index in [1.807, 2.05) is 25.2 Å². The maximum Gasteiger partial charge on any atom is 0.239 e. The zero-order chi connectivity index (χ0) is 14.1. The minimum absolute atomic E-state index is 0.0621. The molecule has 1 rings (SSSR count). The molecule has 3 heteroatoms.